The minimum atomic E-state index is -0.149. The summed E-state index contributed by atoms with van der Waals surface area (Å²) >= 11 is 0. The molecule has 1 N–H and O–H groups in total. The molecular formula is C13H19N3O3. The summed E-state index contributed by atoms with van der Waals surface area (Å²) in [5, 5.41) is 2.86. The van der Waals surface area contributed by atoms with Crippen molar-refractivity contribution in [3.05, 3.63) is 34.2 Å². The fraction of sp³-hybridized carbons (Fsp3) is 0.538. The number of nitrogens with zero attached hydrogens (tertiary/aromatic N) is 2. The number of aromatic nitrogens is 1. The van der Waals surface area contributed by atoms with Gasteiger partial charge < -0.3 is 14.6 Å². The van der Waals surface area contributed by atoms with Gasteiger partial charge in [-0.2, -0.15) is 0 Å². The van der Waals surface area contributed by atoms with Crippen molar-refractivity contribution in [2.75, 3.05) is 39.4 Å². The molecular weight excluding hydrogens is 246 g/mol. The third-order valence-corrected chi connectivity index (χ3v) is 3.17. The predicted octanol–water partition coefficient (Wildman–Crippen LogP) is -0.553. The first-order valence-corrected chi connectivity index (χ1v) is 6.42. The highest BCUT2D eigenvalue weighted by Gasteiger charge is 2.11. The number of hydrogen-bond donors (Lipinski definition) is 1. The topological polar surface area (TPSA) is 63.6 Å². The summed E-state index contributed by atoms with van der Waals surface area (Å²) in [5.41, 5.74) is 0.383. The number of carbonyl (C=O) groups excluding carboxylic acids is 1. The van der Waals surface area contributed by atoms with Crippen LogP contribution in [0.5, 0.6) is 0 Å². The highest BCUT2D eigenvalue weighted by Crippen LogP contribution is 1.97. The molecule has 1 aromatic heterocycles. The maximum Gasteiger partial charge on any atom is 0.252 e. The Morgan fingerprint density at radius 1 is 1.37 bits per heavy atom. The number of amides is 1. The summed E-state index contributed by atoms with van der Waals surface area (Å²) in [7, 11) is 1.63. The number of pyridine rings is 1. The monoisotopic (exact) mass is 265 g/mol. The summed E-state index contributed by atoms with van der Waals surface area (Å²) in [6.45, 7) is 4.76. The summed E-state index contributed by atoms with van der Waals surface area (Å²) in [6, 6.07) is 2.95. The maximum atomic E-state index is 11.9. The molecule has 1 aliphatic heterocycles. The van der Waals surface area contributed by atoms with Crippen LogP contribution in [-0.2, 0) is 11.8 Å². The molecule has 0 aromatic carbocycles. The van der Waals surface area contributed by atoms with E-state index in [1.54, 1.807) is 19.3 Å². The Kier molecular flexibility index (Phi) is 4.70. The van der Waals surface area contributed by atoms with Crippen molar-refractivity contribution in [3.8, 4) is 0 Å². The molecule has 19 heavy (non-hydrogen) atoms. The van der Waals surface area contributed by atoms with E-state index in [1.807, 2.05) is 0 Å². The SMILES string of the molecule is Cn1cc(C(=O)NCCN2CCOCC2)ccc1=O. The van der Waals surface area contributed by atoms with E-state index in [1.165, 1.54) is 10.6 Å². The zero-order chi connectivity index (χ0) is 13.7. The maximum absolute atomic E-state index is 11.9. The van der Waals surface area contributed by atoms with E-state index in [4.69, 9.17) is 4.74 Å². The minimum absolute atomic E-state index is 0.120. The number of morpholine rings is 1. The smallest absolute Gasteiger partial charge is 0.252 e. The third kappa shape index (κ3) is 3.90. The number of aryl methyl sites for hydroxylation is 1. The summed E-state index contributed by atoms with van der Waals surface area (Å²) < 4.78 is 6.66. The molecule has 1 aliphatic rings. The first-order valence-electron chi connectivity index (χ1n) is 6.42. The van der Waals surface area contributed by atoms with Crippen LogP contribution in [0.15, 0.2) is 23.1 Å². The number of rotatable bonds is 4. The van der Waals surface area contributed by atoms with Gasteiger partial charge in [-0.05, 0) is 6.07 Å². The van der Waals surface area contributed by atoms with Crippen LogP contribution in [0.25, 0.3) is 0 Å². The molecule has 6 heteroatoms. The second-order valence-electron chi connectivity index (χ2n) is 4.58. The molecule has 2 rings (SSSR count). The Bertz CT molecular complexity index is 492. The molecule has 0 atom stereocenters. The molecule has 0 aliphatic carbocycles. The Hall–Kier alpha value is -1.66. The minimum Gasteiger partial charge on any atom is -0.379 e. The highest BCUT2D eigenvalue weighted by molar-refractivity contribution is 5.93. The molecule has 0 radical (unpaired) electrons. The Labute approximate surface area is 112 Å². The quantitative estimate of drug-likeness (QED) is 0.793. The van der Waals surface area contributed by atoms with Gasteiger partial charge in [0.2, 0.25) is 5.56 Å². The van der Waals surface area contributed by atoms with Crippen molar-refractivity contribution in [3.63, 3.8) is 0 Å². The van der Waals surface area contributed by atoms with E-state index in [-0.39, 0.29) is 11.5 Å². The van der Waals surface area contributed by atoms with Gasteiger partial charge in [-0.3, -0.25) is 14.5 Å². The van der Waals surface area contributed by atoms with Crippen LogP contribution in [0, 0.1) is 0 Å². The summed E-state index contributed by atoms with van der Waals surface area (Å²) in [4.78, 5) is 25.4. The van der Waals surface area contributed by atoms with Gasteiger partial charge in [0.1, 0.15) is 0 Å². The summed E-state index contributed by atoms with van der Waals surface area (Å²) in [5.74, 6) is -0.149. The van der Waals surface area contributed by atoms with Crippen LogP contribution in [0.2, 0.25) is 0 Å². The molecule has 1 amide bonds. The van der Waals surface area contributed by atoms with E-state index in [9.17, 15) is 9.59 Å². The second kappa shape index (κ2) is 6.49. The molecule has 0 spiro atoms. The lowest BCUT2D eigenvalue weighted by Crippen LogP contribution is -2.41. The van der Waals surface area contributed by atoms with Crippen molar-refractivity contribution >= 4 is 5.91 Å². The average molecular weight is 265 g/mol. The van der Waals surface area contributed by atoms with Crippen molar-refractivity contribution in [1.82, 2.24) is 14.8 Å². The Morgan fingerprint density at radius 3 is 2.79 bits per heavy atom. The molecule has 0 saturated carbocycles. The van der Waals surface area contributed by atoms with Crippen molar-refractivity contribution in [1.29, 1.82) is 0 Å². The van der Waals surface area contributed by atoms with Gasteiger partial charge in [-0.25, -0.2) is 0 Å². The van der Waals surface area contributed by atoms with Gasteiger partial charge in [0.05, 0.1) is 18.8 Å². The van der Waals surface area contributed by atoms with E-state index in [0.29, 0.717) is 12.1 Å². The fourth-order valence-corrected chi connectivity index (χ4v) is 1.98. The van der Waals surface area contributed by atoms with Crippen molar-refractivity contribution in [2.45, 2.75) is 0 Å². The number of ether oxygens (including phenoxy) is 1. The zero-order valence-corrected chi connectivity index (χ0v) is 11.1. The zero-order valence-electron chi connectivity index (χ0n) is 11.1. The van der Waals surface area contributed by atoms with Gasteiger partial charge in [-0.1, -0.05) is 0 Å². The molecule has 6 nitrogen and oxygen atoms in total. The van der Waals surface area contributed by atoms with Gasteiger partial charge in [0.15, 0.2) is 0 Å². The van der Waals surface area contributed by atoms with Gasteiger partial charge in [0.25, 0.3) is 5.91 Å². The standard InChI is InChI=1S/C13H19N3O3/c1-15-10-11(2-3-12(15)17)13(18)14-4-5-16-6-8-19-9-7-16/h2-3,10H,4-9H2,1H3,(H,14,18). The Balaban J connectivity index is 1.80. The van der Waals surface area contributed by atoms with Crippen LogP contribution in [-0.4, -0.2) is 54.8 Å². The Morgan fingerprint density at radius 2 is 2.11 bits per heavy atom. The normalized spacial score (nSPS) is 16.3. The molecule has 1 fully saturated rings. The lowest BCUT2D eigenvalue weighted by Gasteiger charge is -2.26. The summed E-state index contributed by atoms with van der Waals surface area (Å²) in [6.07, 6.45) is 1.55. The molecule has 0 bridgehead atoms. The molecule has 1 aromatic rings. The molecule has 104 valence electrons. The van der Waals surface area contributed by atoms with E-state index in [2.05, 4.69) is 10.2 Å². The van der Waals surface area contributed by atoms with Crippen molar-refractivity contribution < 1.29 is 9.53 Å². The second-order valence-corrected chi connectivity index (χ2v) is 4.58. The first kappa shape index (κ1) is 13.8. The number of carbonyl (C=O) groups is 1. The number of hydrogen-bond acceptors (Lipinski definition) is 4. The first-order chi connectivity index (χ1) is 9.16. The van der Waals surface area contributed by atoms with E-state index in [0.717, 1.165) is 32.8 Å². The van der Waals surface area contributed by atoms with E-state index < -0.39 is 0 Å². The van der Waals surface area contributed by atoms with Gasteiger partial charge in [0, 0.05) is 45.5 Å². The lowest BCUT2D eigenvalue weighted by atomic mass is 10.2. The van der Waals surface area contributed by atoms with Crippen LogP contribution in [0.1, 0.15) is 10.4 Å². The fourth-order valence-electron chi connectivity index (χ4n) is 1.98. The van der Waals surface area contributed by atoms with Crippen LogP contribution < -0.4 is 10.9 Å². The number of nitrogens with one attached hydrogen (secondary N) is 1. The van der Waals surface area contributed by atoms with E-state index >= 15 is 0 Å². The van der Waals surface area contributed by atoms with Crippen LogP contribution in [0.4, 0.5) is 0 Å². The molecule has 1 saturated heterocycles. The highest BCUT2D eigenvalue weighted by atomic mass is 16.5. The molecule has 2 heterocycles. The van der Waals surface area contributed by atoms with Crippen molar-refractivity contribution in [2.24, 2.45) is 7.05 Å². The molecule has 0 unspecified atom stereocenters. The lowest BCUT2D eigenvalue weighted by molar-refractivity contribution is 0.0383. The van der Waals surface area contributed by atoms with Crippen LogP contribution >= 0.6 is 0 Å². The van der Waals surface area contributed by atoms with Crippen LogP contribution in [0.3, 0.4) is 0 Å². The predicted molar refractivity (Wildman–Crippen MR) is 71.3 cm³/mol. The van der Waals surface area contributed by atoms with Gasteiger partial charge in [-0.15, -0.1) is 0 Å². The van der Waals surface area contributed by atoms with Gasteiger partial charge >= 0.3 is 0 Å². The largest absolute Gasteiger partial charge is 0.379 e. The average Bonchev–Trinajstić information content (AvgIpc) is 2.43. The third-order valence-electron chi connectivity index (χ3n) is 3.17.